The summed E-state index contributed by atoms with van der Waals surface area (Å²) in [4.78, 5) is -0.444. The molecule has 1 aromatic carbocycles. The van der Waals surface area contributed by atoms with Gasteiger partial charge in [0.2, 0.25) is 10.0 Å². The lowest BCUT2D eigenvalue weighted by atomic mass is 10.1. The maximum absolute atomic E-state index is 12.5. The van der Waals surface area contributed by atoms with E-state index in [1.54, 1.807) is 0 Å². The third kappa shape index (κ3) is 4.56. The van der Waals surface area contributed by atoms with Crippen molar-refractivity contribution < 1.29 is 17.7 Å². The Morgan fingerprint density at radius 3 is 2.52 bits per heavy atom. The van der Waals surface area contributed by atoms with Crippen LogP contribution in [0.2, 0.25) is 5.02 Å². The smallest absolute Gasteiger partial charge is 0.269 e. The summed E-state index contributed by atoms with van der Waals surface area (Å²) in [5.41, 5.74) is 0.758. The minimum atomic E-state index is -4.01. The Morgan fingerprint density at radius 1 is 1.24 bits per heavy atom. The van der Waals surface area contributed by atoms with Crippen LogP contribution in [0.4, 0.5) is 5.69 Å². The second-order valence-electron chi connectivity index (χ2n) is 6.18. The summed E-state index contributed by atoms with van der Waals surface area (Å²) in [6.07, 6.45) is 5.54. The van der Waals surface area contributed by atoms with Crippen molar-refractivity contribution >= 4 is 66.1 Å². The molecule has 156 valence electrons. The SMILES string of the molecule is CN(C)S(=O)(=O)c1c(Cl)ccc(NC2=NS(=O)N=C2NC2=C(Br)CCC=C2)c1O. The van der Waals surface area contributed by atoms with E-state index in [1.807, 2.05) is 12.2 Å². The number of phenolic OH excluding ortho intramolecular Hbond substituents is 1. The van der Waals surface area contributed by atoms with Gasteiger partial charge in [-0.25, -0.2) is 16.9 Å². The Kier molecular flexibility index (Phi) is 6.48. The van der Waals surface area contributed by atoms with Gasteiger partial charge in [0.15, 0.2) is 17.4 Å². The second kappa shape index (κ2) is 8.56. The van der Waals surface area contributed by atoms with Crippen LogP contribution in [0.25, 0.3) is 0 Å². The number of halogens is 2. The van der Waals surface area contributed by atoms with E-state index < -0.39 is 31.8 Å². The van der Waals surface area contributed by atoms with E-state index in [-0.39, 0.29) is 22.4 Å². The summed E-state index contributed by atoms with van der Waals surface area (Å²) in [5, 5.41) is 16.2. The maximum atomic E-state index is 12.5. The molecule has 0 aromatic heterocycles. The van der Waals surface area contributed by atoms with Crippen molar-refractivity contribution in [2.75, 3.05) is 19.4 Å². The van der Waals surface area contributed by atoms with Gasteiger partial charge >= 0.3 is 0 Å². The molecule has 1 aromatic rings. The van der Waals surface area contributed by atoms with E-state index in [1.165, 1.54) is 26.2 Å². The molecule has 3 N–H and O–H groups in total. The first-order valence-corrected chi connectivity index (χ1v) is 11.9. The third-order valence-electron chi connectivity index (χ3n) is 4.00. The van der Waals surface area contributed by atoms with E-state index in [0.717, 1.165) is 27.3 Å². The zero-order valence-corrected chi connectivity index (χ0v) is 19.3. The summed E-state index contributed by atoms with van der Waals surface area (Å²) in [6, 6.07) is 2.73. The van der Waals surface area contributed by atoms with E-state index in [0.29, 0.717) is 0 Å². The standard InChI is InChI=1S/C16H17BrClN5O4S2/c1-23(2)29(26,27)14-10(18)7-8-12(13(14)24)20-16-15(21-28(25)22-16)19-11-6-4-3-5-9(11)17/h4,6-8,24H,3,5H2,1-2H3,(H,19,21)(H,20,22). The number of hydrogen-bond acceptors (Lipinski definition) is 6. The van der Waals surface area contributed by atoms with Crippen molar-refractivity contribution in [3.63, 3.8) is 0 Å². The topological polar surface area (TPSA) is 123 Å². The number of allylic oxidation sites excluding steroid dienone is 3. The molecule has 0 saturated carbocycles. The number of nitrogens with zero attached hydrogens (tertiary/aromatic N) is 3. The largest absolute Gasteiger partial charge is 0.504 e. The van der Waals surface area contributed by atoms with Gasteiger partial charge < -0.3 is 15.7 Å². The van der Waals surface area contributed by atoms with Gasteiger partial charge in [0, 0.05) is 24.3 Å². The maximum Gasteiger partial charge on any atom is 0.269 e. The lowest BCUT2D eigenvalue weighted by Gasteiger charge is -2.18. The number of rotatable bonds is 4. The van der Waals surface area contributed by atoms with Crippen LogP contribution < -0.4 is 10.6 Å². The van der Waals surface area contributed by atoms with Gasteiger partial charge in [0.05, 0.1) is 10.7 Å². The van der Waals surface area contributed by atoms with E-state index in [2.05, 4.69) is 35.4 Å². The number of phenols is 1. The molecule has 1 atom stereocenters. The molecular formula is C16H17BrClN5O4S2. The predicted molar refractivity (Wildman–Crippen MR) is 118 cm³/mol. The Labute approximate surface area is 184 Å². The van der Waals surface area contributed by atoms with Crippen LogP contribution in [0.5, 0.6) is 5.75 Å². The first-order valence-electron chi connectivity index (χ1n) is 8.24. The number of aromatic hydroxyl groups is 1. The molecule has 1 aliphatic carbocycles. The Morgan fingerprint density at radius 2 is 1.90 bits per heavy atom. The number of nitrogens with one attached hydrogen (secondary N) is 2. The van der Waals surface area contributed by atoms with Gasteiger partial charge in [-0.15, -0.1) is 8.80 Å². The normalized spacial score (nSPS) is 19.4. The molecule has 13 heteroatoms. The summed E-state index contributed by atoms with van der Waals surface area (Å²) in [7, 11) is -1.35. The summed E-state index contributed by atoms with van der Waals surface area (Å²) >= 11 is 7.63. The third-order valence-corrected chi connectivity index (χ3v) is 7.82. The monoisotopic (exact) mass is 521 g/mol. The van der Waals surface area contributed by atoms with Gasteiger partial charge in [-0.2, -0.15) is 0 Å². The molecule has 0 amide bonds. The molecule has 0 spiro atoms. The highest BCUT2D eigenvalue weighted by Crippen LogP contribution is 2.38. The van der Waals surface area contributed by atoms with Crippen molar-refractivity contribution in [1.29, 1.82) is 0 Å². The Balaban J connectivity index is 1.94. The van der Waals surface area contributed by atoms with Crippen LogP contribution >= 0.6 is 27.5 Å². The first kappa shape index (κ1) is 22.0. The number of anilines is 1. The van der Waals surface area contributed by atoms with Crippen LogP contribution in [0.1, 0.15) is 12.8 Å². The van der Waals surface area contributed by atoms with Crippen LogP contribution in [-0.4, -0.2) is 47.8 Å². The fourth-order valence-corrected chi connectivity index (χ4v) is 5.06. The molecule has 2 aliphatic rings. The van der Waals surface area contributed by atoms with Crippen LogP contribution in [0.3, 0.4) is 0 Å². The molecule has 1 heterocycles. The number of benzene rings is 1. The van der Waals surface area contributed by atoms with Gasteiger partial charge in [0.1, 0.15) is 4.90 Å². The van der Waals surface area contributed by atoms with Crippen LogP contribution in [0.15, 0.2) is 48.2 Å². The highest BCUT2D eigenvalue weighted by molar-refractivity contribution is 9.11. The zero-order chi connectivity index (χ0) is 21.3. The summed E-state index contributed by atoms with van der Waals surface area (Å²) < 4.78 is 46.5. The second-order valence-corrected chi connectivity index (χ2v) is 10.5. The summed E-state index contributed by atoms with van der Waals surface area (Å²) in [5.74, 6) is -0.307. The van der Waals surface area contributed by atoms with Gasteiger partial charge in [0.25, 0.3) is 11.2 Å². The molecule has 1 unspecified atom stereocenters. The van der Waals surface area contributed by atoms with Crippen molar-refractivity contribution in [3.8, 4) is 5.75 Å². The molecule has 29 heavy (non-hydrogen) atoms. The van der Waals surface area contributed by atoms with Crippen molar-refractivity contribution in [1.82, 2.24) is 9.62 Å². The molecule has 3 rings (SSSR count). The highest BCUT2D eigenvalue weighted by Gasteiger charge is 2.28. The number of sulfonamides is 1. The number of hydrogen-bond donors (Lipinski definition) is 3. The molecule has 0 bridgehead atoms. The average Bonchev–Trinajstić information content (AvgIpc) is 2.98. The molecule has 0 saturated heterocycles. The van der Waals surface area contributed by atoms with Crippen molar-refractivity contribution in [2.24, 2.45) is 8.80 Å². The van der Waals surface area contributed by atoms with Crippen LogP contribution in [0, 0.1) is 0 Å². The lowest BCUT2D eigenvalue weighted by molar-refractivity contribution is 0.455. The molecular weight excluding hydrogens is 506 g/mol. The highest BCUT2D eigenvalue weighted by atomic mass is 79.9. The Hall–Kier alpha value is -1.73. The van der Waals surface area contributed by atoms with Crippen LogP contribution in [-0.2, 0) is 21.2 Å². The molecule has 9 nitrogen and oxygen atoms in total. The van der Waals surface area contributed by atoms with E-state index in [9.17, 15) is 17.7 Å². The minimum absolute atomic E-state index is 0.0224. The fourth-order valence-electron chi connectivity index (χ4n) is 2.50. The minimum Gasteiger partial charge on any atom is -0.504 e. The van der Waals surface area contributed by atoms with Crippen molar-refractivity contribution in [3.05, 3.63) is 39.5 Å². The fraction of sp³-hybridized carbons (Fsp3) is 0.250. The quantitative estimate of drug-likeness (QED) is 0.522. The zero-order valence-electron chi connectivity index (χ0n) is 15.3. The first-order chi connectivity index (χ1) is 13.6. The van der Waals surface area contributed by atoms with Gasteiger partial charge in [-0.05, 0) is 31.1 Å². The van der Waals surface area contributed by atoms with Gasteiger partial charge in [-0.1, -0.05) is 33.6 Å². The summed E-state index contributed by atoms with van der Waals surface area (Å²) in [6.45, 7) is 0. The van der Waals surface area contributed by atoms with Crippen molar-refractivity contribution in [2.45, 2.75) is 17.7 Å². The van der Waals surface area contributed by atoms with E-state index >= 15 is 0 Å². The number of amidine groups is 2. The molecule has 0 radical (unpaired) electrons. The van der Waals surface area contributed by atoms with Gasteiger partial charge in [-0.3, -0.25) is 0 Å². The Bertz CT molecular complexity index is 1110. The predicted octanol–water partition coefficient (Wildman–Crippen LogP) is 2.64. The lowest BCUT2D eigenvalue weighted by Crippen LogP contribution is -2.33. The van der Waals surface area contributed by atoms with E-state index in [4.69, 9.17) is 11.6 Å². The molecule has 0 fully saturated rings. The average molecular weight is 523 g/mol. The molecule has 1 aliphatic heterocycles.